The number of carbonyl (C=O) groups excluding carboxylic acids is 1. The van der Waals surface area contributed by atoms with Crippen LogP contribution in [0.3, 0.4) is 0 Å². The van der Waals surface area contributed by atoms with Crippen LogP contribution >= 0.6 is 0 Å². The number of nitrogens with one attached hydrogen (secondary N) is 1. The van der Waals surface area contributed by atoms with Crippen molar-refractivity contribution in [2.45, 2.75) is 45.2 Å². The number of aryl methyl sites for hydroxylation is 1. The van der Waals surface area contributed by atoms with Crippen molar-refractivity contribution in [1.29, 1.82) is 0 Å². The molecule has 3 heterocycles. The number of carbonyl (C=O) groups is 1. The van der Waals surface area contributed by atoms with Crippen molar-refractivity contribution in [3.8, 4) is 0 Å². The SMILES string of the molecule is Cc1nc(CN2CCCC(C(=O)NC3CCOCC3)C2)no1. The van der Waals surface area contributed by atoms with E-state index in [9.17, 15) is 4.79 Å². The third kappa shape index (κ3) is 4.04. The summed E-state index contributed by atoms with van der Waals surface area (Å²) in [5, 5.41) is 7.11. The first kappa shape index (κ1) is 15.4. The highest BCUT2D eigenvalue weighted by atomic mass is 16.5. The van der Waals surface area contributed by atoms with Crippen molar-refractivity contribution < 1.29 is 14.1 Å². The third-order valence-corrected chi connectivity index (χ3v) is 4.38. The molecule has 0 bridgehead atoms. The first-order valence-electron chi connectivity index (χ1n) is 8.10. The molecule has 7 heteroatoms. The molecule has 1 unspecified atom stereocenters. The highest BCUT2D eigenvalue weighted by Crippen LogP contribution is 2.19. The van der Waals surface area contributed by atoms with Crippen molar-refractivity contribution in [3.05, 3.63) is 11.7 Å². The Kier molecular flexibility index (Phi) is 5.04. The number of hydrogen-bond donors (Lipinski definition) is 1. The number of amides is 1. The fraction of sp³-hybridized carbons (Fsp3) is 0.800. The monoisotopic (exact) mass is 308 g/mol. The maximum Gasteiger partial charge on any atom is 0.224 e. The minimum absolute atomic E-state index is 0.0598. The quantitative estimate of drug-likeness (QED) is 0.889. The van der Waals surface area contributed by atoms with Crippen LogP contribution in [0.4, 0.5) is 0 Å². The molecule has 0 aliphatic carbocycles. The molecule has 1 amide bonds. The lowest BCUT2D eigenvalue weighted by molar-refractivity contribution is -0.128. The van der Waals surface area contributed by atoms with Gasteiger partial charge in [0.1, 0.15) is 0 Å². The van der Waals surface area contributed by atoms with Gasteiger partial charge in [-0.2, -0.15) is 4.98 Å². The van der Waals surface area contributed by atoms with E-state index in [1.165, 1.54) is 0 Å². The van der Waals surface area contributed by atoms with Crippen LogP contribution in [-0.2, 0) is 16.1 Å². The summed E-state index contributed by atoms with van der Waals surface area (Å²) in [4.78, 5) is 18.9. The standard InChI is InChI=1S/C15H24N4O3/c1-11-16-14(18-22-11)10-19-6-2-3-12(9-19)15(20)17-13-4-7-21-8-5-13/h12-13H,2-10H2,1H3,(H,17,20). The molecule has 2 aliphatic heterocycles. The minimum Gasteiger partial charge on any atom is -0.381 e. The molecule has 1 atom stereocenters. The molecule has 0 saturated carbocycles. The Labute approximate surface area is 130 Å². The zero-order valence-electron chi connectivity index (χ0n) is 13.1. The summed E-state index contributed by atoms with van der Waals surface area (Å²) >= 11 is 0. The Bertz CT molecular complexity index is 499. The lowest BCUT2D eigenvalue weighted by Gasteiger charge is -2.32. The van der Waals surface area contributed by atoms with Crippen molar-refractivity contribution in [3.63, 3.8) is 0 Å². The van der Waals surface area contributed by atoms with Gasteiger partial charge in [-0.15, -0.1) is 0 Å². The van der Waals surface area contributed by atoms with E-state index in [0.717, 1.165) is 52.0 Å². The van der Waals surface area contributed by atoms with Crippen molar-refractivity contribution in [2.75, 3.05) is 26.3 Å². The summed E-state index contributed by atoms with van der Waals surface area (Å²) < 4.78 is 10.3. The molecule has 1 N–H and O–H groups in total. The number of nitrogens with zero attached hydrogens (tertiary/aromatic N) is 3. The Morgan fingerprint density at radius 2 is 2.18 bits per heavy atom. The molecule has 2 fully saturated rings. The number of aromatic nitrogens is 2. The number of piperidine rings is 1. The van der Waals surface area contributed by atoms with Crippen LogP contribution in [-0.4, -0.2) is 53.3 Å². The van der Waals surface area contributed by atoms with E-state index in [-0.39, 0.29) is 17.9 Å². The van der Waals surface area contributed by atoms with Crippen LogP contribution in [0.25, 0.3) is 0 Å². The van der Waals surface area contributed by atoms with E-state index < -0.39 is 0 Å². The van der Waals surface area contributed by atoms with E-state index in [1.807, 2.05) is 0 Å². The van der Waals surface area contributed by atoms with Gasteiger partial charge in [0.2, 0.25) is 11.8 Å². The van der Waals surface area contributed by atoms with Gasteiger partial charge in [0.05, 0.1) is 12.5 Å². The minimum atomic E-state index is 0.0598. The smallest absolute Gasteiger partial charge is 0.224 e. The topological polar surface area (TPSA) is 80.5 Å². The highest BCUT2D eigenvalue weighted by molar-refractivity contribution is 5.79. The summed E-state index contributed by atoms with van der Waals surface area (Å²) in [5.74, 6) is 1.52. The zero-order valence-corrected chi connectivity index (χ0v) is 13.1. The molecular formula is C15H24N4O3. The second-order valence-corrected chi connectivity index (χ2v) is 6.20. The molecule has 0 aromatic carbocycles. The number of hydrogen-bond acceptors (Lipinski definition) is 6. The molecule has 2 aliphatic rings. The fourth-order valence-corrected chi connectivity index (χ4v) is 3.18. The second-order valence-electron chi connectivity index (χ2n) is 6.20. The lowest BCUT2D eigenvalue weighted by atomic mass is 9.96. The van der Waals surface area contributed by atoms with Crippen LogP contribution in [0.5, 0.6) is 0 Å². The van der Waals surface area contributed by atoms with E-state index in [4.69, 9.17) is 9.26 Å². The molecule has 0 spiro atoms. The van der Waals surface area contributed by atoms with Crippen LogP contribution in [0.2, 0.25) is 0 Å². The van der Waals surface area contributed by atoms with Gasteiger partial charge >= 0.3 is 0 Å². The van der Waals surface area contributed by atoms with Gasteiger partial charge in [-0.1, -0.05) is 5.16 Å². The van der Waals surface area contributed by atoms with Crippen molar-refractivity contribution in [1.82, 2.24) is 20.4 Å². The lowest BCUT2D eigenvalue weighted by Crippen LogP contribution is -2.47. The van der Waals surface area contributed by atoms with Gasteiger partial charge in [0, 0.05) is 32.7 Å². The van der Waals surface area contributed by atoms with Crippen LogP contribution in [0, 0.1) is 12.8 Å². The zero-order chi connectivity index (χ0) is 15.4. The summed E-state index contributed by atoms with van der Waals surface area (Å²) in [6.07, 6.45) is 3.83. The average molecular weight is 308 g/mol. The summed E-state index contributed by atoms with van der Waals surface area (Å²) in [6, 6.07) is 0.275. The maximum absolute atomic E-state index is 12.4. The van der Waals surface area contributed by atoms with Crippen LogP contribution in [0.1, 0.15) is 37.4 Å². The van der Waals surface area contributed by atoms with Crippen molar-refractivity contribution >= 4 is 5.91 Å². The van der Waals surface area contributed by atoms with Gasteiger partial charge in [-0.05, 0) is 32.2 Å². The molecule has 3 rings (SSSR count). The Balaban J connectivity index is 1.49. The Morgan fingerprint density at radius 3 is 2.91 bits per heavy atom. The van der Waals surface area contributed by atoms with Crippen molar-refractivity contribution in [2.24, 2.45) is 5.92 Å². The molecule has 1 aromatic rings. The third-order valence-electron chi connectivity index (χ3n) is 4.38. The molecular weight excluding hydrogens is 284 g/mol. The van der Waals surface area contributed by atoms with Crippen LogP contribution < -0.4 is 5.32 Å². The molecule has 0 radical (unpaired) electrons. The molecule has 122 valence electrons. The maximum atomic E-state index is 12.4. The second kappa shape index (κ2) is 7.19. The molecule has 1 aromatic heterocycles. The number of rotatable bonds is 4. The van der Waals surface area contributed by atoms with E-state index in [1.54, 1.807) is 6.92 Å². The Morgan fingerprint density at radius 1 is 1.36 bits per heavy atom. The highest BCUT2D eigenvalue weighted by Gasteiger charge is 2.28. The summed E-state index contributed by atoms with van der Waals surface area (Å²) in [6.45, 7) is 5.68. The number of ether oxygens (including phenoxy) is 1. The first-order valence-corrected chi connectivity index (χ1v) is 8.10. The van der Waals surface area contributed by atoms with Gasteiger partial charge in [0.25, 0.3) is 0 Å². The fourth-order valence-electron chi connectivity index (χ4n) is 3.18. The largest absolute Gasteiger partial charge is 0.381 e. The average Bonchev–Trinajstić information content (AvgIpc) is 2.93. The van der Waals surface area contributed by atoms with Gasteiger partial charge in [-0.3, -0.25) is 9.69 Å². The van der Waals surface area contributed by atoms with Gasteiger partial charge in [-0.25, -0.2) is 0 Å². The first-order chi connectivity index (χ1) is 10.7. The Hall–Kier alpha value is -1.47. The summed E-state index contributed by atoms with van der Waals surface area (Å²) in [7, 11) is 0. The normalized spacial score (nSPS) is 24.3. The summed E-state index contributed by atoms with van der Waals surface area (Å²) in [5.41, 5.74) is 0. The molecule has 2 saturated heterocycles. The predicted octanol–water partition coefficient (Wildman–Crippen LogP) is 0.885. The van der Waals surface area contributed by atoms with Gasteiger partial charge in [0.15, 0.2) is 5.82 Å². The van der Waals surface area contributed by atoms with Crippen LogP contribution in [0.15, 0.2) is 4.52 Å². The van der Waals surface area contributed by atoms with Gasteiger partial charge < -0.3 is 14.6 Å². The van der Waals surface area contributed by atoms with E-state index in [2.05, 4.69) is 20.4 Å². The number of likely N-dealkylation sites (tertiary alicyclic amines) is 1. The molecule has 7 nitrogen and oxygen atoms in total. The van der Waals surface area contributed by atoms with E-state index >= 15 is 0 Å². The van der Waals surface area contributed by atoms with E-state index in [0.29, 0.717) is 18.3 Å². The molecule has 22 heavy (non-hydrogen) atoms. The predicted molar refractivity (Wildman–Crippen MR) is 79.0 cm³/mol.